The Balaban J connectivity index is 1.43. The third kappa shape index (κ3) is 6.52. The Bertz CT molecular complexity index is 1020. The van der Waals surface area contributed by atoms with Gasteiger partial charge in [-0.3, -0.25) is 0 Å². The van der Waals surface area contributed by atoms with E-state index in [9.17, 15) is 12.8 Å². The van der Waals surface area contributed by atoms with Crippen molar-refractivity contribution in [3.05, 3.63) is 65.4 Å². The second-order valence-electron chi connectivity index (χ2n) is 6.14. The minimum Gasteiger partial charge on any atom is -0.497 e. The number of ether oxygens (including phenoxy) is 2. The third-order valence-electron chi connectivity index (χ3n) is 4.03. The van der Waals surface area contributed by atoms with E-state index in [1.807, 2.05) is 29.6 Å². The number of thiazole rings is 1. The average molecular weight is 437 g/mol. The molecule has 3 aromatic rings. The van der Waals surface area contributed by atoms with Gasteiger partial charge in [-0.25, -0.2) is 22.5 Å². The second-order valence-corrected chi connectivity index (χ2v) is 8.92. The zero-order valence-electron chi connectivity index (χ0n) is 15.8. The molecule has 0 aliphatic rings. The summed E-state index contributed by atoms with van der Waals surface area (Å²) in [5.41, 5.74) is 1.81. The molecule has 2 aromatic carbocycles. The molecule has 0 saturated heterocycles. The van der Waals surface area contributed by atoms with Crippen molar-refractivity contribution in [2.75, 3.05) is 26.0 Å². The number of nitrogens with zero attached hydrogens (tertiary/aromatic N) is 1. The van der Waals surface area contributed by atoms with Crippen LogP contribution in [0.15, 0.2) is 53.9 Å². The van der Waals surface area contributed by atoms with E-state index in [-0.39, 0.29) is 24.7 Å². The molecule has 0 unspecified atom stereocenters. The monoisotopic (exact) mass is 436 g/mol. The van der Waals surface area contributed by atoms with Crippen molar-refractivity contribution in [3.8, 4) is 22.1 Å². The Morgan fingerprint density at radius 1 is 1.07 bits per heavy atom. The minimum atomic E-state index is -3.47. The second kappa shape index (κ2) is 9.82. The predicted molar refractivity (Wildman–Crippen MR) is 111 cm³/mol. The Hall–Kier alpha value is -2.49. The van der Waals surface area contributed by atoms with Crippen LogP contribution < -0.4 is 14.2 Å². The fourth-order valence-corrected chi connectivity index (χ4v) is 4.22. The lowest BCUT2D eigenvalue weighted by Gasteiger charge is -2.08. The van der Waals surface area contributed by atoms with Gasteiger partial charge in [-0.2, -0.15) is 0 Å². The van der Waals surface area contributed by atoms with Gasteiger partial charge >= 0.3 is 0 Å². The molecule has 0 fully saturated rings. The zero-order valence-corrected chi connectivity index (χ0v) is 17.4. The highest BCUT2D eigenvalue weighted by atomic mass is 32.2. The molecule has 6 nitrogen and oxygen atoms in total. The largest absolute Gasteiger partial charge is 0.497 e. The van der Waals surface area contributed by atoms with Crippen LogP contribution in [0.2, 0.25) is 0 Å². The van der Waals surface area contributed by atoms with Crippen molar-refractivity contribution in [2.45, 2.75) is 6.42 Å². The number of methoxy groups -OCH3 is 1. The number of hydrogen-bond donors (Lipinski definition) is 1. The Morgan fingerprint density at radius 2 is 1.76 bits per heavy atom. The molecule has 3 rings (SSSR count). The Kier molecular flexibility index (Phi) is 7.18. The first kappa shape index (κ1) is 21.2. The van der Waals surface area contributed by atoms with Crippen molar-refractivity contribution in [3.63, 3.8) is 0 Å². The summed E-state index contributed by atoms with van der Waals surface area (Å²) in [6.07, 6.45) is 0.491. The first-order valence-electron chi connectivity index (χ1n) is 8.90. The van der Waals surface area contributed by atoms with Crippen molar-refractivity contribution >= 4 is 21.4 Å². The van der Waals surface area contributed by atoms with Crippen LogP contribution in [-0.4, -0.2) is 39.4 Å². The van der Waals surface area contributed by atoms with Crippen LogP contribution in [0.5, 0.6) is 11.5 Å². The van der Waals surface area contributed by atoms with Crippen LogP contribution in [0.4, 0.5) is 4.39 Å². The van der Waals surface area contributed by atoms with Crippen LogP contribution in [0.1, 0.15) is 5.69 Å². The number of aromatic nitrogens is 1. The first-order valence-corrected chi connectivity index (χ1v) is 11.4. The molecule has 0 spiro atoms. The maximum Gasteiger partial charge on any atom is 0.214 e. The van der Waals surface area contributed by atoms with Crippen molar-refractivity contribution in [1.82, 2.24) is 9.71 Å². The van der Waals surface area contributed by atoms with Gasteiger partial charge in [0, 0.05) is 23.9 Å². The van der Waals surface area contributed by atoms with Crippen LogP contribution in [-0.2, 0) is 16.4 Å². The molecule has 1 N–H and O–H groups in total. The van der Waals surface area contributed by atoms with Crippen molar-refractivity contribution < 1.29 is 22.3 Å². The number of rotatable bonds is 10. The molecule has 0 amide bonds. The smallest absolute Gasteiger partial charge is 0.214 e. The molecule has 9 heteroatoms. The van der Waals surface area contributed by atoms with Crippen LogP contribution in [0, 0.1) is 5.82 Å². The van der Waals surface area contributed by atoms with E-state index in [1.165, 1.54) is 35.6 Å². The molecular weight excluding hydrogens is 415 g/mol. The fourth-order valence-electron chi connectivity index (χ4n) is 2.49. The van der Waals surface area contributed by atoms with Gasteiger partial charge in [-0.1, -0.05) is 0 Å². The van der Waals surface area contributed by atoms with Gasteiger partial charge in [0.25, 0.3) is 0 Å². The maximum atomic E-state index is 12.8. The van der Waals surface area contributed by atoms with E-state index in [0.717, 1.165) is 22.0 Å². The lowest BCUT2D eigenvalue weighted by molar-refractivity contribution is 0.339. The molecule has 1 heterocycles. The fraction of sp³-hybridized carbons (Fsp3) is 0.250. The van der Waals surface area contributed by atoms with Crippen molar-refractivity contribution in [2.24, 2.45) is 0 Å². The quantitative estimate of drug-likeness (QED) is 0.526. The van der Waals surface area contributed by atoms with E-state index in [2.05, 4.69) is 9.71 Å². The van der Waals surface area contributed by atoms with Crippen molar-refractivity contribution in [1.29, 1.82) is 0 Å². The zero-order chi connectivity index (χ0) is 20.7. The van der Waals surface area contributed by atoms with Crippen LogP contribution >= 0.6 is 11.3 Å². The number of benzene rings is 2. The summed E-state index contributed by atoms with van der Waals surface area (Å²) in [4.78, 5) is 4.55. The minimum absolute atomic E-state index is 0.0146. The molecule has 0 radical (unpaired) electrons. The molecule has 1 aromatic heterocycles. The molecule has 154 valence electrons. The SMILES string of the molecule is COc1ccc(-c2nc(CCNS(=O)(=O)CCOc3ccc(F)cc3)cs2)cc1. The summed E-state index contributed by atoms with van der Waals surface area (Å²) in [5, 5.41) is 2.80. The number of sulfonamides is 1. The highest BCUT2D eigenvalue weighted by Crippen LogP contribution is 2.25. The summed E-state index contributed by atoms with van der Waals surface area (Å²) in [7, 11) is -1.85. The standard InChI is InChI=1S/C20H21FN2O4S2/c1-26-18-6-2-15(3-7-18)20-23-17(14-28-20)10-11-22-29(24,25)13-12-27-19-8-4-16(21)5-9-19/h2-9,14,22H,10-13H2,1H3. The third-order valence-corrected chi connectivity index (χ3v) is 6.31. The molecule has 0 aliphatic carbocycles. The number of hydrogen-bond acceptors (Lipinski definition) is 6. The summed E-state index contributed by atoms with van der Waals surface area (Å²) in [5.74, 6) is 0.653. The highest BCUT2D eigenvalue weighted by molar-refractivity contribution is 7.89. The maximum absolute atomic E-state index is 12.8. The number of nitrogens with one attached hydrogen (secondary N) is 1. The molecule has 0 aliphatic heterocycles. The Morgan fingerprint density at radius 3 is 2.45 bits per heavy atom. The van der Waals surface area contributed by atoms with Gasteiger partial charge in [0.15, 0.2) is 0 Å². The summed E-state index contributed by atoms with van der Waals surface area (Å²) in [6, 6.07) is 13.1. The molecule has 0 saturated carbocycles. The van der Waals surface area contributed by atoms with Gasteiger partial charge in [-0.05, 0) is 48.5 Å². The van der Waals surface area contributed by atoms with E-state index in [0.29, 0.717) is 12.2 Å². The van der Waals surface area contributed by atoms with Crippen LogP contribution in [0.25, 0.3) is 10.6 Å². The molecule has 0 bridgehead atoms. The van der Waals surface area contributed by atoms with Gasteiger partial charge in [0.1, 0.15) is 28.9 Å². The summed E-state index contributed by atoms with van der Waals surface area (Å²) < 4.78 is 50.0. The van der Waals surface area contributed by atoms with Gasteiger partial charge in [0.05, 0.1) is 18.6 Å². The number of halogens is 1. The van der Waals surface area contributed by atoms with Crippen LogP contribution in [0.3, 0.4) is 0 Å². The van der Waals surface area contributed by atoms with E-state index in [4.69, 9.17) is 9.47 Å². The lowest BCUT2D eigenvalue weighted by atomic mass is 10.2. The van der Waals surface area contributed by atoms with Gasteiger partial charge < -0.3 is 9.47 Å². The van der Waals surface area contributed by atoms with E-state index >= 15 is 0 Å². The van der Waals surface area contributed by atoms with E-state index in [1.54, 1.807) is 7.11 Å². The predicted octanol–water partition coefficient (Wildman–Crippen LogP) is 3.50. The van der Waals surface area contributed by atoms with Gasteiger partial charge in [0.2, 0.25) is 10.0 Å². The molecule has 29 heavy (non-hydrogen) atoms. The average Bonchev–Trinajstić information content (AvgIpc) is 3.18. The normalized spacial score (nSPS) is 11.4. The summed E-state index contributed by atoms with van der Waals surface area (Å²) >= 11 is 1.51. The molecular formula is C20H21FN2O4S2. The molecule has 0 atom stereocenters. The summed E-state index contributed by atoms with van der Waals surface area (Å²) in [6.45, 7) is 0.240. The Labute approximate surface area is 173 Å². The van der Waals surface area contributed by atoms with Gasteiger partial charge in [-0.15, -0.1) is 11.3 Å². The lowest BCUT2D eigenvalue weighted by Crippen LogP contribution is -2.30. The highest BCUT2D eigenvalue weighted by Gasteiger charge is 2.11. The topological polar surface area (TPSA) is 77.5 Å². The van der Waals surface area contributed by atoms with E-state index < -0.39 is 10.0 Å². The first-order chi connectivity index (χ1) is 13.9.